The molecule has 0 aromatic heterocycles. The second-order valence-electron chi connectivity index (χ2n) is 6.10. The van der Waals surface area contributed by atoms with E-state index in [-0.39, 0.29) is 6.04 Å². The van der Waals surface area contributed by atoms with Gasteiger partial charge in [-0.15, -0.1) is 0 Å². The number of nitrogens with two attached hydrogens (primary N) is 1. The molecule has 110 valence electrons. The molecule has 1 aliphatic heterocycles. The Morgan fingerprint density at radius 1 is 1.50 bits per heavy atom. The average molecular weight is 277 g/mol. The van der Waals surface area contributed by atoms with Gasteiger partial charge < -0.3 is 21.1 Å². The third-order valence-corrected chi connectivity index (χ3v) is 3.18. The van der Waals surface area contributed by atoms with Crippen molar-refractivity contribution in [2.24, 2.45) is 0 Å². The molecule has 1 amide bonds. The molecular formula is C15H23N3O2. The van der Waals surface area contributed by atoms with Gasteiger partial charge in [0.15, 0.2) is 0 Å². The number of ether oxygens (including phenoxy) is 1. The van der Waals surface area contributed by atoms with Gasteiger partial charge >= 0.3 is 6.09 Å². The third kappa shape index (κ3) is 3.87. The molecule has 0 aliphatic carbocycles. The third-order valence-electron chi connectivity index (χ3n) is 3.18. The van der Waals surface area contributed by atoms with Crippen LogP contribution in [0.3, 0.4) is 0 Å². The average Bonchev–Trinajstić information content (AvgIpc) is 2.34. The van der Waals surface area contributed by atoms with Crippen molar-refractivity contribution in [1.29, 1.82) is 0 Å². The largest absolute Gasteiger partial charge is 0.444 e. The summed E-state index contributed by atoms with van der Waals surface area (Å²) in [6.45, 7) is 6.94. The van der Waals surface area contributed by atoms with Gasteiger partial charge in [0.2, 0.25) is 0 Å². The fraction of sp³-hybridized carbons (Fsp3) is 0.533. The maximum absolute atomic E-state index is 11.7. The Balaban J connectivity index is 1.98. The SMILES string of the molecule is CC(C)(C)OC(=O)NCC1NCCc2ccc(N)cc21. The molecule has 1 aromatic rings. The highest BCUT2D eigenvalue weighted by Crippen LogP contribution is 2.24. The van der Waals surface area contributed by atoms with Crippen LogP contribution in [0.5, 0.6) is 0 Å². The highest BCUT2D eigenvalue weighted by molar-refractivity contribution is 5.67. The van der Waals surface area contributed by atoms with Gasteiger partial charge in [-0.3, -0.25) is 0 Å². The van der Waals surface area contributed by atoms with Gasteiger partial charge in [0.1, 0.15) is 5.60 Å². The number of hydrogen-bond acceptors (Lipinski definition) is 4. The predicted molar refractivity (Wildman–Crippen MR) is 79.5 cm³/mol. The number of nitrogens with one attached hydrogen (secondary N) is 2. The fourth-order valence-electron chi connectivity index (χ4n) is 2.34. The summed E-state index contributed by atoms with van der Waals surface area (Å²) in [6.07, 6.45) is 0.591. The van der Waals surface area contributed by atoms with Crippen LogP contribution in [0.15, 0.2) is 18.2 Å². The molecule has 0 spiro atoms. The van der Waals surface area contributed by atoms with Gasteiger partial charge in [-0.25, -0.2) is 4.79 Å². The van der Waals surface area contributed by atoms with Gasteiger partial charge in [0.25, 0.3) is 0 Å². The van der Waals surface area contributed by atoms with Crippen LogP contribution >= 0.6 is 0 Å². The van der Waals surface area contributed by atoms with Crippen LogP contribution in [0.1, 0.15) is 37.9 Å². The van der Waals surface area contributed by atoms with Crippen molar-refractivity contribution >= 4 is 11.8 Å². The van der Waals surface area contributed by atoms with Gasteiger partial charge in [-0.05, 0) is 57.0 Å². The number of benzene rings is 1. The summed E-state index contributed by atoms with van der Waals surface area (Å²) in [6, 6.07) is 6.03. The van der Waals surface area contributed by atoms with E-state index in [0.29, 0.717) is 6.54 Å². The number of carbonyl (C=O) groups excluding carboxylic acids is 1. The van der Waals surface area contributed by atoms with Gasteiger partial charge in [0.05, 0.1) is 6.04 Å². The van der Waals surface area contributed by atoms with Crippen LogP contribution in [0, 0.1) is 0 Å². The Morgan fingerprint density at radius 2 is 2.25 bits per heavy atom. The maximum atomic E-state index is 11.7. The Morgan fingerprint density at radius 3 is 2.95 bits per heavy atom. The number of fused-ring (bicyclic) bond motifs is 1. The lowest BCUT2D eigenvalue weighted by Crippen LogP contribution is -2.40. The van der Waals surface area contributed by atoms with Crippen molar-refractivity contribution in [2.45, 2.75) is 38.8 Å². The molecule has 2 rings (SSSR count). The van der Waals surface area contributed by atoms with Crippen molar-refractivity contribution in [3.05, 3.63) is 29.3 Å². The molecule has 1 heterocycles. The zero-order chi connectivity index (χ0) is 14.8. The van der Waals surface area contributed by atoms with E-state index in [2.05, 4.69) is 16.7 Å². The molecule has 0 saturated carbocycles. The summed E-state index contributed by atoms with van der Waals surface area (Å²) in [7, 11) is 0. The van der Waals surface area contributed by atoms with Crippen molar-refractivity contribution in [3.63, 3.8) is 0 Å². The van der Waals surface area contributed by atoms with Crippen LogP contribution in [0.2, 0.25) is 0 Å². The van der Waals surface area contributed by atoms with E-state index in [1.54, 1.807) is 0 Å². The lowest BCUT2D eigenvalue weighted by molar-refractivity contribution is 0.0522. The predicted octanol–water partition coefficient (Wildman–Crippen LogP) is 1.98. The Kier molecular flexibility index (Phi) is 4.18. The molecule has 1 aromatic carbocycles. The Hall–Kier alpha value is -1.75. The first-order valence-electron chi connectivity index (χ1n) is 6.94. The first-order chi connectivity index (χ1) is 9.35. The van der Waals surface area contributed by atoms with Crippen molar-refractivity contribution < 1.29 is 9.53 Å². The molecule has 1 aliphatic rings. The molecule has 0 saturated heterocycles. The minimum atomic E-state index is -0.480. The number of amides is 1. The standard InChI is InChI=1S/C15H23N3O2/c1-15(2,3)20-14(19)18-9-13-12-8-11(16)5-4-10(12)6-7-17-13/h4-5,8,13,17H,6-7,9,16H2,1-3H3,(H,18,19). The summed E-state index contributed by atoms with van der Waals surface area (Å²) in [5, 5.41) is 6.20. The number of alkyl carbamates (subject to hydrolysis) is 1. The monoisotopic (exact) mass is 277 g/mol. The van der Waals surface area contributed by atoms with Gasteiger partial charge in [-0.1, -0.05) is 6.07 Å². The first kappa shape index (κ1) is 14.7. The Labute approximate surface area is 119 Å². The summed E-state index contributed by atoms with van der Waals surface area (Å²) in [5.74, 6) is 0. The minimum Gasteiger partial charge on any atom is -0.444 e. The van der Waals surface area contributed by atoms with Crippen molar-refractivity contribution in [2.75, 3.05) is 18.8 Å². The van der Waals surface area contributed by atoms with Gasteiger partial charge in [-0.2, -0.15) is 0 Å². The number of anilines is 1. The van der Waals surface area contributed by atoms with E-state index in [1.807, 2.05) is 32.9 Å². The van der Waals surface area contributed by atoms with Crippen LogP contribution < -0.4 is 16.4 Å². The molecule has 0 bridgehead atoms. The zero-order valence-corrected chi connectivity index (χ0v) is 12.3. The fourth-order valence-corrected chi connectivity index (χ4v) is 2.34. The lowest BCUT2D eigenvalue weighted by atomic mass is 9.94. The minimum absolute atomic E-state index is 0.0785. The quantitative estimate of drug-likeness (QED) is 0.722. The van der Waals surface area contributed by atoms with E-state index < -0.39 is 11.7 Å². The lowest BCUT2D eigenvalue weighted by Gasteiger charge is -2.28. The number of rotatable bonds is 2. The second-order valence-corrected chi connectivity index (χ2v) is 6.10. The topological polar surface area (TPSA) is 76.4 Å². The van der Waals surface area contributed by atoms with E-state index >= 15 is 0 Å². The second kappa shape index (κ2) is 5.71. The first-order valence-corrected chi connectivity index (χ1v) is 6.94. The summed E-state index contributed by atoms with van der Waals surface area (Å²) in [5.41, 5.74) is 8.55. The summed E-state index contributed by atoms with van der Waals surface area (Å²) < 4.78 is 5.24. The summed E-state index contributed by atoms with van der Waals surface area (Å²) >= 11 is 0. The van der Waals surface area contributed by atoms with Crippen molar-refractivity contribution in [1.82, 2.24) is 10.6 Å². The van der Waals surface area contributed by atoms with Gasteiger partial charge in [0, 0.05) is 12.2 Å². The highest BCUT2D eigenvalue weighted by Gasteiger charge is 2.22. The van der Waals surface area contributed by atoms with E-state index in [0.717, 1.165) is 24.2 Å². The molecule has 4 N–H and O–H groups in total. The molecule has 1 atom stereocenters. The number of hydrogen-bond donors (Lipinski definition) is 3. The Bertz CT molecular complexity index is 494. The molecule has 20 heavy (non-hydrogen) atoms. The molecule has 0 radical (unpaired) electrons. The molecule has 0 fully saturated rings. The molecular weight excluding hydrogens is 254 g/mol. The van der Waals surface area contributed by atoms with Crippen LogP contribution in [0.4, 0.5) is 10.5 Å². The zero-order valence-electron chi connectivity index (χ0n) is 12.3. The maximum Gasteiger partial charge on any atom is 0.407 e. The van der Waals surface area contributed by atoms with Crippen LogP contribution in [-0.4, -0.2) is 24.8 Å². The number of nitrogen functional groups attached to an aromatic ring is 1. The normalized spacial score (nSPS) is 18.2. The summed E-state index contributed by atoms with van der Waals surface area (Å²) in [4.78, 5) is 11.7. The molecule has 5 nitrogen and oxygen atoms in total. The smallest absolute Gasteiger partial charge is 0.407 e. The van der Waals surface area contributed by atoms with Crippen LogP contribution in [-0.2, 0) is 11.2 Å². The highest BCUT2D eigenvalue weighted by atomic mass is 16.6. The molecule has 5 heteroatoms. The van der Waals surface area contributed by atoms with E-state index in [4.69, 9.17) is 10.5 Å². The van der Waals surface area contributed by atoms with E-state index in [1.165, 1.54) is 5.56 Å². The number of carbonyl (C=O) groups is 1. The molecule has 1 unspecified atom stereocenters. The van der Waals surface area contributed by atoms with Crippen molar-refractivity contribution in [3.8, 4) is 0 Å². The van der Waals surface area contributed by atoms with Crippen LogP contribution in [0.25, 0.3) is 0 Å². The van der Waals surface area contributed by atoms with E-state index in [9.17, 15) is 4.79 Å².